The van der Waals surface area contributed by atoms with Gasteiger partial charge in [-0.15, -0.1) is 0 Å². The van der Waals surface area contributed by atoms with Crippen LogP contribution in [0, 0.1) is 5.92 Å². The maximum atomic E-state index is 13.0. The van der Waals surface area contributed by atoms with Crippen LogP contribution in [0.4, 0.5) is 0 Å². The molecule has 27 heavy (non-hydrogen) atoms. The molecule has 4 aliphatic rings. The number of fused-ring (bicyclic) bond motifs is 2. The predicted molar refractivity (Wildman–Crippen MR) is 102 cm³/mol. The van der Waals surface area contributed by atoms with Crippen molar-refractivity contribution in [3.05, 3.63) is 51.1 Å². The molecule has 9 heteroatoms. The van der Waals surface area contributed by atoms with E-state index in [1.54, 1.807) is 25.4 Å². The van der Waals surface area contributed by atoms with E-state index in [-0.39, 0.29) is 16.5 Å². The minimum atomic E-state index is -4.02. The number of hydrogen-bond donors (Lipinski definition) is 2. The van der Waals surface area contributed by atoms with Gasteiger partial charge < -0.3 is 9.99 Å². The zero-order valence-electron chi connectivity index (χ0n) is 15.0. The van der Waals surface area contributed by atoms with Gasteiger partial charge in [0.25, 0.3) is 5.56 Å². The van der Waals surface area contributed by atoms with E-state index in [0.29, 0.717) is 35.0 Å². The molecule has 142 valence electrons. The number of nitrogens with one attached hydrogen (secondary N) is 1. The van der Waals surface area contributed by atoms with Crippen molar-refractivity contribution >= 4 is 20.6 Å². The van der Waals surface area contributed by atoms with Crippen LogP contribution in [0.25, 0.3) is 4.91 Å². The SMILES string of the molecule is Cn1ccc2c(c1=O)C1=NCCC3C1=C(C=C2S(N)(=O)=O)NN3CC1CC1. The third kappa shape index (κ3) is 2.60. The summed E-state index contributed by atoms with van der Waals surface area (Å²) in [4.78, 5) is 17.6. The molecule has 2 aliphatic heterocycles. The Morgan fingerprint density at radius 1 is 1.33 bits per heavy atom. The van der Waals surface area contributed by atoms with Gasteiger partial charge in [0.1, 0.15) is 0 Å². The summed E-state index contributed by atoms with van der Waals surface area (Å²) in [6.45, 7) is 1.50. The van der Waals surface area contributed by atoms with Crippen LogP contribution in [0.1, 0.15) is 30.4 Å². The van der Waals surface area contributed by atoms with E-state index in [1.165, 1.54) is 17.4 Å². The van der Waals surface area contributed by atoms with Gasteiger partial charge in [0.05, 0.1) is 27.9 Å². The van der Waals surface area contributed by atoms with Crippen molar-refractivity contribution in [3.63, 3.8) is 0 Å². The fourth-order valence-electron chi connectivity index (χ4n) is 4.18. The summed E-state index contributed by atoms with van der Waals surface area (Å²) < 4.78 is 26.1. The normalized spacial score (nSPS) is 24.6. The molecule has 0 aromatic carbocycles. The lowest BCUT2D eigenvalue weighted by Crippen LogP contribution is -2.43. The highest BCUT2D eigenvalue weighted by Gasteiger charge is 2.42. The van der Waals surface area contributed by atoms with Crippen molar-refractivity contribution in [3.8, 4) is 0 Å². The molecule has 0 saturated heterocycles. The summed E-state index contributed by atoms with van der Waals surface area (Å²) in [5.41, 5.74) is 5.94. The molecule has 1 saturated carbocycles. The average Bonchev–Trinajstić information content (AvgIpc) is 3.37. The van der Waals surface area contributed by atoms with Crippen LogP contribution in [0.2, 0.25) is 0 Å². The zero-order chi connectivity index (χ0) is 18.9. The van der Waals surface area contributed by atoms with E-state index < -0.39 is 10.0 Å². The summed E-state index contributed by atoms with van der Waals surface area (Å²) in [6, 6.07) is 1.71. The molecule has 0 radical (unpaired) electrons. The number of aryl methyl sites for hydroxylation is 1. The Balaban J connectivity index is 1.76. The molecular formula is C18H21N5O3S. The molecule has 2 aliphatic carbocycles. The summed E-state index contributed by atoms with van der Waals surface area (Å²) >= 11 is 0. The van der Waals surface area contributed by atoms with Gasteiger partial charge in [0.15, 0.2) is 0 Å². The summed E-state index contributed by atoms with van der Waals surface area (Å²) in [6.07, 6.45) is 6.40. The molecule has 5 rings (SSSR count). The van der Waals surface area contributed by atoms with Crippen molar-refractivity contribution in [2.45, 2.75) is 25.3 Å². The highest BCUT2D eigenvalue weighted by Crippen LogP contribution is 2.39. The van der Waals surface area contributed by atoms with Crippen LogP contribution in [-0.4, -0.2) is 42.8 Å². The van der Waals surface area contributed by atoms with Crippen LogP contribution in [0.3, 0.4) is 0 Å². The van der Waals surface area contributed by atoms with Gasteiger partial charge in [-0.3, -0.25) is 9.79 Å². The highest BCUT2D eigenvalue weighted by molar-refractivity contribution is 7.98. The first kappa shape index (κ1) is 16.9. The molecular weight excluding hydrogens is 366 g/mol. The Kier molecular flexibility index (Phi) is 3.53. The van der Waals surface area contributed by atoms with Crippen LogP contribution < -0.4 is 16.1 Å². The second-order valence-electron chi connectivity index (χ2n) is 7.64. The van der Waals surface area contributed by atoms with Gasteiger partial charge in [0.2, 0.25) is 10.0 Å². The van der Waals surface area contributed by atoms with Crippen LogP contribution >= 0.6 is 0 Å². The smallest absolute Gasteiger partial charge is 0.260 e. The van der Waals surface area contributed by atoms with Crippen LogP contribution in [-0.2, 0) is 17.1 Å². The fraction of sp³-hybridized carbons (Fsp3) is 0.444. The molecule has 3 heterocycles. The van der Waals surface area contributed by atoms with Gasteiger partial charge in [0, 0.05) is 37.5 Å². The quantitative estimate of drug-likeness (QED) is 0.763. The first-order valence-electron chi connectivity index (χ1n) is 9.12. The molecule has 1 fully saturated rings. The summed E-state index contributed by atoms with van der Waals surface area (Å²) in [5.74, 6) is 0.671. The lowest BCUT2D eigenvalue weighted by molar-refractivity contribution is 0.179. The topological polar surface area (TPSA) is 110 Å². The van der Waals surface area contributed by atoms with E-state index in [4.69, 9.17) is 5.14 Å². The van der Waals surface area contributed by atoms with Crippen molar-refractivity contribution in [2.75, 3.05) is 13.1 Å². The number of nitrogens with two attached hydrogens (primary N) is 1. The molecule has 8 nitrogen and oxygen atoms in total. The summed E-state index contributed by atoms with van der Waals surface area (Å²) in [5, 5.41) is 7.69. The van der Waals surface area contributed by atoms with E-state index in [9.17, 15) is 13.2 Å². The number of primary sulfonamides is 1. The Hall–Kier alpha value is -2.23. The van der Waals surface area contributed by atoms with Crippen molar-refractivity contribution in [1.29, 1.82) is 0 Å². The standard InChI is InChI=1S/C18H21N5O3S/c1-22-7-5-11-14(27(19,25)26)8-12-16-13(23(21-12)9-10-2-3-10)4-6-20-17(16)15(11)18(22)24/h5,7-8,10,13,21H,2-4,6,9H2,1H3,(H2,19,25,26). The van der Waals surface area contributed by atoms with E-state index in [2.05, 4.69) is 15.4 Å². The van der Waals surface area contributed by atoms with Gasteiger partial charge in [-0.25, -0.2) is 18.6 Å². The molecule has 1 atom stereocenters. The lowest BCUT2D eigenvalue weighted by Gasteiger charge is -2.29. The molecule has 1 aromatic rings. The number of hydrazine groups is 1. The maximum Gasteiger partial charge on any atom is 0.260 e. The first-order chi connectivity index (χ1) is 12.8. The minimum absolute atomic E-state index is 0.0469. The molecule has 0 spiro atoms. The molecule has 0 amide bonds. The lowest BCUT2D eigenvalue weighted by atomic mass is 9.91. The van der Waals surface area contributed by atoms with Gasteiger partial charge in [-0.1, -0.05) is 0 Å². The monoisotopic (exact) mass is 387 g/mol. The van der Waals surface area contributed by atoms with Crippen LogP contribution in [0.15, 0.2) is 39.4 Å². The van der Waals surface area contributed by atoms with Crippen LogP contribution in [0.5, 0.6) is 0 Å². The van der Waals surface area contributed by atoms with Gasteiger partial charge >= 0.3 is 0 Å². The average molecular weight is 387 g/mol. The first-order valence-corrected chi connectivity index (χ1v) is 10.7. The molecule has 3 N–H and O–H groups in total. The fourth-order valence-corrected chi connectivity index (χ4v) is 4.94. The zero-order valence-corrected chi connectivity index (χ0v) is 15.8. The highest BCUT2D eigenvalue weighted by atomic mass is 32.2. The number of aromatic nitrogens is 1. The number of allylic oxidation sites excluding steroid dienone is 1. The summed E-state index contributed by atoms with van der Waals surface area (Å²) in [7, 11) is -2.37. The third-order valence-corrected chi connectivity index (χ3v) is 6.65. The molecule has 1 unspecified atom stereocenters. The molecule has 0 bridgehead atoms. The maximum absolute atomic E-state index is 13.0. The van der Waals surface area contributed by atoms with Crippen molar-refractivity contribution in [2.24, 2.45) is 23.1 Å². The Morgan fingerprint density at radius 2 is 2.11 bits per heavy atom. The number of nitrogens with zero attached hydrogens (tertiary/aromatic N) is 3. The Bertz CT molecular complexity index is 1110. The second kappa shape index (κ2) is 5.63. The van der Waals surface area contributed by atoms with E-state index in [1.807, 2.05) is 0 Å². The van der Waals surface area contributed by atoms with Gasteiger partial charge in [-0.05, 0) is 37.3 Å². The largest absolute Gasteiger partial charge is 0.318 e. The second-order valence-corrected chi connectivity index (χ2v) is 9.17. The Morgan fingerprint density at radius 3 is 2.81 bits per heavy atom. The molecule has 1 aromatic heterocycles. The number of aliphatic imine (C=N–C) groups is 1. The number of sulfonamides is 1. The van der Waals surface area contributed by atoms with Crippen molar-refractivity contribution < 1.29 is 8.42 Å². The Labute approximate surface area is 157 Å². The number of hydrogen-bond acceptors (Lipinski definition) is 6. The minimum Gasteiger partial charge on any atom is -0.318 e. The van der Waals surface area contributed by atoms with E-state index in [0.717, 1.165) is 18.5 Å². The number of rotatable bonds is 3. The number of pyridine rings is 1. The van der Waals surface area contributed by atoms with E-state index >= 15 is 0 Å². The third-order valence-electron chi connectivity index (χ3n) is 5.70. The predicted octanol–water partition coefficient (Wildman–Crippen LogP) is 0.0740. The van der Waals surface area contributed by atoms with Crippen molar-refractivity contribution in [1.82, 2.24) is 15.0 Å². The van der Waals surface area contributed by atoms with Gasteiger partial charge in [-0.2, -0.15) is 0 Å².